The van der Waals surface area contributed by atoms with Crippen molar-refractivity contribution in [2.45, 2.75) is 40.2 Å². The molecule has 0 fully saturated rings. The van der Waals surface area contributed by atoms with Gasteiger partial charge in [0.15, 0.2) is 0 Å². The highest BCUT2D eigenvalue weighted by Gasteiger charge is 2.24. The van der Waals surface area contributed by atoms with Crippen LogP contribution < -0.4 is 5.32 Å². The van der Waals surface area contributed by atoms with Gasteiger partial charge < -0.3 is 19.5 Å². The fourth-order valence-electron chi connectivity index (χ4n) is 2.56. The molecule has 0 saturated heterocycles. The second kappa shape index (κ2) is 6.73. The molecule has 0 aromatic carbocycles. The van der Waals surface area contributed by atoms with Crippen molar-refractivity contribution in [2.75, 3.05) is 7.11 Å². The van der Waals surface area contributed by atoms with E-state index in [2.05, 4.69) is 10.3 Å². The lowest BCUT2D eigenvalue weighted by Crippen LogP contribution is -2.27. The van der Waals surface area contributed by atoms with Crippen LogP contribution in [-0.4, -0.2) is 24.0 Å². The van der Waals surface area contributed by atoms with Gasteiger partial charge in [0.2, 0.25) is 0 Å². The summed E-state index contributed by atoms with van der Waals surface area (Å²) in [5.74, 6) is 0.751. The van der Waals surface area contributed by atoms with Crippen LogP contribution in [0.4, 0.5) is 0 Å². The summed E-state index contributed by atoms with van der Waals surface area (Å²) >= 11 is 0. The number of aromatic amines is 1. The molecule has 23 heavy (non-hydrogen) atoms. The number of furan rings is 1. The molecular formula is C17H22N2O4. The quantitative estimate of drug-likeness (QED) is 0.830. The highest BCUT2D eigenvalue weighted by atomic mass is 16.5. The predicted molar refractivity (Wildman–Crippen MR) is 85.6 cm³/mol. The number of esters is 1. The molecule has 124 valence electrons. The largest absolute Gasteiger partial charge is 0.465 e. The zero-order chi connectivity index (χ0) is 17.1. The molecule has 1 amide bonds. The molecule has 2 N–H and O–H groups in total. The van der Waals surface area contributed by atoms with E-state index < -0.39 is 5.97 Å². The fraction of sp³-hybridized carbons (Fsp3) is 0.412. The number of methoxy groups -OCH3 is 1. The van der Waals surface area contributed by atoms with Gasteiger partial charge in [0.05, 0.1) is 18.7 Å². The molecule has 0 saturated carbocycles. The Hall–Kier alpha value is -2.50. The van der Waals surface area contributed by atoms with Crippen LogP contribution in [-0.2, 0) is 11.2 Å². The fourth-order valence-corrected chi connectivity index (χ4v) is 2.56. The number of rotatable bonds is 5. The molecule has 0 spiro atoms. The monoisotopic (exact) mass is 318 g/mol. The van der Waals surface area contributed by atoms with Crippen molar-refractivity contribution in [2.24, 2.45) is 0 Å². The van der Waals surface area contributed by atoms with E-state index in [1.807, 2.05) is 32.9 Å². The molecule has 0 radical (unpaired) electrons. The Bertz CT molecular complexity index is 727. The summed E-state index contributed by atoms with van der Waals surface area (Å²) in [7, 11) is 1.33. The summed E-state index contributed by atoms with van der Waals surface area (Å²) in [6.07, 6.45) is 0.603. The second-order valence-electron chi connectivity index (χ2n) is 5.47. The van der Waals surface area contributed by atoms with E-state index in [1.54, 1.807) is 6.92 Å². The SMILES string of the molecule is CCc1[nH]c(C(=O)NC(C)c2ccc(C)o2)c(C)c1C(=O)OC. The van der Waals surface area contributed by atoms with Crippen molar-refractivity contribution in [3.63, 3.8) is 0 Å². The maximum Gasteiger partial charge on any atom is 0.339 e. The lowest BCUT2D eigenvalue weighted by atomic mass is 10.1. The molecule has 0 aliphatic heterocycles. The van der Waals surface area contributed by atoms with E-state index in [-0.39, 0.29) is 11.9 Å². The third-order valence-electron chi connectivity index (χ3n) is 3.83. The zero-order valence-electron chi connectivity index (χ0n) is 14.1. The summed E-state index contributed by atoms with van der Waals surface area (Å²) in [5.41, 5.74) is 2.09. The van der Waals surface area contributed by atoms with E-state index >= 15 is 0 Å². The maximum atomic E-state index is 12.5. The molecule has 2 heterocycles. The summed E-state index contributed by atoms with van der Waals surface area (Å²) < 4.78 is 10.3. The van der Waals surface area contributed by atoms with Crippen LogP contribution in [0.5, 0.6) is 0 Å². The molecule has 0 bridgehead atoms. The smallest absolute Gasteiger partial charge is 0.339 e. The van der Waals surface area contributed by atoms with Crippen molar-refractivity contribution in [1.82, 2.24) is 10.3 Å². The van der Waals surface area contributed by atoms with E-state index in [0.717, 1.165) is 5.76 Å². The average Bonchev–Trinajstić information content (AvgIpc) is 3.10. The third-order valence-corrected chi connectivity index (χ3v) is 3.83. The third kappa shape index (κ3) is 3.31. The molecule has 1 unspecified atom stereocenters. The van der Waals surface area contributed by atoms with Gasteiger partial charge in [0, 0.05) is 5.69 Å². The van der Waals surface area contributed by atoms with Gasteiger partial charge in [-0.3, -0.25) is 4.79 Å². The number of aromatic nitrogens is 1. The molecule has 2 aromatic heterocycles. The lowest BCUT2D eigenvalue weighted by Gasteiger charge is -2.11. The van der Waals surface area contributed by atoms with E-state index in [0.29, 0.717) is 34.7 Å². The number of hydrogen-bond acceptors (Lipinski definition) is 4. The minimum Gasteiger partial charge on any atom is -0.465 e. The van der Waals surface area contributed by atoms with E-state index in [9.17, 15) is 9.59 Å². The highest BCUT2D eigenvalue weighted by Crippen LogP contribution is 2.22. The van der Waals surface area contributed by atoms with Gasteiger partial charge in [0.25, 0.3) is 5.91 Å². The Labute approximate surface area is 135 Å². The molecule has 0 aliphatic rings. The van der Waals surface area contributed by atoms with E-state index in [1.165, 1.54) is 7.11 Å². The number of ether oxygens (including phenoxy) is 1. The van der Waals surface area contributed by atoms with Crippen molar-refractivity contribution < 1.29 is 18.7 Å². The van der Waals surface area contributed by atoms with Gasteiger partial charge in [-0.1, -0.05) is 6.92 Å². The van der Waals surface area contributed by atoms with E-state index in [4.69, 9.17) is 9.15 Å². The van der Waals surface area contributed by atoms with Gasteiger partial charge in [-0.15, -0.1) is 0 Å². The van der Waals surface area contributed by atoms with Crippen molar-refractivity contribution in [3.8, 4) is 0 Å². The van der Waals surface area contributed by atoms with Crippen LogP contribution in [0, 0.1) is 13.8 Å². The van der Waals surface area contributed by atoms with Gasteiger partial charge in [-0.05, 0) is 44.9 Å². The minimum absolute atomic E-state index is 0.273. The normalized spacial score (nSPS) is 12.0. The summed E-state index contributed by atoms with van der Waals surface area (Å²) in [6, 6.07) is 3.41. The molecule has 6 nitrogen and oxygen atoms in total. The summed E-state index contributed by atoms with van der Waals surface area (Å²) in [4.78, 5) is 27.5. The van der Waals surface area contributed by atoms with Crippen LogP contribution in [0.1, 0.15) is 63.5 Å². The molecule has 0 aliphatic carbocycles. The molecule has 1 atom stereocenters. The van der Waals surface area contributed by atoms with Crippen LogP contribution >= 0.6 is 0 Å². The van der Waals surface area contributed by atoms with Crippen LogP contribution in [0.3, 0.4) is 0 Å². The average molecular weight is 318 g/mol. The first-order valence-corrected chi connectivity index (χ1v) is 7.55. The minimum atomic E-state index is -0.440. The second-order valence-corrected chi connectivity index (χ2v) is 5.47. The number of aryl methyl sites for hydroxylation is 2. The first-order valence-electron chi connectivity index (χ1n) is 7.55. The predicted octanol–water partition coefficient (Wildman–Crippen LogP) is 3.06. The van der Waals surface area contributed by atoms with Crippen molar-refractivity contribution in [3.05, 3.63) is 46.2 Å². The van der Waals surface area contributed by atoms with Gasteiger partial charge in [0.1, 0.15) is 17.2 Å². The van der Waals surface area contributed by atoms with Crippen molar-refractivity contribution >= 4 is 11.9 Å². The Morgan fingerprint density at radius 2 is 2.04 bits per heavy atom. The Balaban J connectivity index is 2.26. The number of nitrogens with one attached hydrogen (secondary N) is 2. The maximum absolute atomic E-state index is 12.5. The van der Waals surface area contributed by atoms with Crippen molar-refractivity contribution in [1.29, 1.82) is 0 Å². The van der Waals surface area contributed by atoms with Gasteiger partial charge in [-0.25, -0.2) is 4.79 Å². The van der Waals surface area contributed by atoms with Crippen LogP contribution in [0.15, 0.2) is 16.5 Å². The lowest BCUT2D eigenvalue weighted by molar-refractivity contribution is 0.0599. The topological polar surface area (TPSA) is 84.3 Å². The Morgan fingerprint density at radius 1 is 1.35 bits per heavy atom. The number of hydrogen-bond donors (Lipinski definition) is 2. The molecule has 2 aromatic rings. The Morgan fingerprint density at radius 3 is 2.57 bits per heavy atom. The van der Waals surface area contributed by atoms with Crippen LogP contribution in [0.2, 0.25) is 0 Å². The van der Waals surface area contributed by atoms with Gasteiger partial charge >= 0.3 is 5.97 Å². The molecule has 2 rings (SSSR count). The number of amides is 1. The first kappa shape index (κ1) is 16.9. The summed E-state index contributed by atoms with van der Waals surface area (Å²) in [6.45, 7) is 7.34. The van der Waals surface area contributed by atoms with Crippen LogP contribution in [0.25, 0.3) is 0 Å². The first-order chi connectivity index (χ1) is 10.9. The number of H-pyrrole nitrogens is 1. The highest BCUT2D eigenvalue weighted by molar-refractivity contribution is 6.00. The number of carbonyl (C=O) groups excluding carboxylic acids is 2. The zero-order valence-corrected chi connectivity index (χ0v) is 14.1. The number of carbonyl (C=O) groups is 2. The van der Waals surface area contributed by atoms with Gasteiger partial charge in [-0.2, -0.15) is 0 Å². The standard InChI is InChI=1S/C17H22N2O4/c1-6-12-14(17(21)22-5)10(3)15(19-12)16(20)18-11(4)13-8-7-9(2)23-13/h7-8,11,19H,6H2,1-5H3,(H,18,20). The Kier molecular flexibility index (Phi) is 4.93. The molecular weight excluding hydrogens is 296 g/mol. The summed E-state index contributed by atoms with van der Waals surface area (Å²) in [5, 5.41) is 2.87. The molecule has 6 heteroatoms.